The van der Waals surface area contributed by atoms with Gasteiger partial charge in [-0.05, 0) is 31.9 Å². The first kappa shape index (κ1) is 23.0. The number of carbonyl (C=O) groups is 1. The molecule has 3 atom stereocenters. The maximum absolute atomic E-state index is 15.3. The van der Waals surface area contributed by atoms with E-state index in [4.69, 9.17) is 16.3 Å². The first-order chi connectivity index (χ1) is 17.4. The van der Waals surface area contributed by atoms with Crippen LogP contribution in [0.25, 0.3) is 11.0 Å². The number of aryl methyl sites for hydroxylation is 1. The Balaban J connectivity index is 1.22. The molecule has 36 heavy (non-hydrogen) atoms. The summed E-state index contributed by atoms with van der Waals surface area (Å²) in [6.07, 6.45) is 4.13. The number of piperazine rings is 1. The molecule has 186 valence electrons. The van der Waals surface area contributed by atoms with Crippen LogP contribution in [0.2, 0.25) is 5.02 Å². The van der Waals surface area contributed by atoms with Gasteiger partial charge in [-0.3, -0.25) is 4.79 Å². The fourth-order valence-corrected chi connectivity index (χ4v) is 5.85. The summed E-state index contributed by atoms with van der Waals surface area (Å²) in [6, 6.07) is 5.50. The van der Waals surface area contributed by atoms with Crippen molar-refractivity contribution in [2.24, 2.45) is 0 Å². The van der Waals surface area contributed by atoms with Gasteiger partial charge in [0.25, 0.3) is 5.91 Å². The minimum Gasteiger partial charge on any atom is -0.490 e. The number of halogens is 2. The van der Waals surface area contributed by atoms with Crippen molar-refractivity contribution in [3.05, 3.63) is 46.0 Å². The molecule has 2 saturated heterocycles. The fraction of sp³-hybridized carbons (Fsp3) is 0.440. The minimum absolute atomic E-state index is 0.117. The van der Waals surface area contributed by atoms with Gasteiger partial charge >= 0.3 is 0 Å². The van der Waals surface area contributed by atoms with E-state index in [0.717, 1.165) is 25.9 Å². The van der Waals surface area contributed by atoms with Crippen LogP contribution in [0.4, 0.5) is 10.1 Å². The lowest BCUT2D eigenvalue weighted by molar-refractivity contribution is 0.0908. The molecule has 0 saturated carbocycles. The summed E-state index contributed by atoms with van der Waals surface area (Å²) < 4.78 is 23.1. The Labute approximate surface area is 212 Å². The van der Waals surface area contributed by atoms with Gasteiger partial charge in [-0.25, -0.2) is 4.39 Å². The number of anilines is 1. The van der Waals surface area contributed by atoms with Gasteiger partial charge < -0.3 is 24.8 Å². The number of nitriles is 1. The summed E-state index contributed by atoms with van der Waals surface area (Å²) in [7, 11) is 0. The molecular weight excluding hydrogens is 485 g/mol. The van der Waals surface area contributed by atoms with E-state index in [0.29, 0.717) is 51.5 Å². The lowest BCUT2D eigenvalue weighted by Crippen LogP contribution is -2.51. The van der Waals surface area contributed by atoms with E-state index < -0.39 is 17.8 Å². The van der Waals surface area contributed by atoms with E-state index in [9.17, 15) is 10.1 Å². The Bertz CT molecular complexity index is 1410. The fourth-order valence-electron chi connectivity index (χ4n) is 5.59. The molecule has 3 aliphatic heterocycles. The molecule has 1 amide bonds. The van der Waals surface area contributed by atoms with Crippen molar-refractivity contribution >= 4 is 34.2 Å². The molecule has 6 rings (SSSR count). The summed E-state index contributed by atoms with van der Waals surface area (Å²) in [6.45, 7) is 4.23. The zero-order valence-corrected chi connectivity index (χ0v) is 20.5. The molecule has 0 aliphatic carbocycles. The number of ether oxygens (including phenoxy) is 1. The van der Waals surface area contributed by atoms with Crippen molar-refractivity contribution in [3.8, 4) is 11.8 Å². The van der Waals surface area contributed by atoms with E-state index in [1.165, 1.54) is 6.07 Å². The van der Waals surface area contributed by atoms with Crippen LogP contribution in [0.1, 0.15) is 41.4 Å². The van der Waals surface area contributed by atoms with Crippen LogP contribution in [0.15, 0.2) is 18.3 Å². The highest BCUT2D eigenvalue weighted by Gasteiger charge is 2.36. The Kier molecular flexibility index (Phi) is 5.69. The number of nitrogens with zero attached hydrogens (tertiary/aromatic N) is 5. The van der Waals surface area contributed by atoms with Gasteiger partial charge in [0.05, 0.1) is 16.8 Å². The quantitative estimate of drug-likeness (QED) is 0.556. The lowest BCUT2D eigenvalue weighted by atomic mass is 9.96. The summed E-state index contributed by atoms with van der Waals surface area (Å²) in [5, 5.41) is 25.7. The van der Waals surface area contributed by atoms with Gasteiger partial charge in [-0.2, -0.15) is 5.26 Å². The van der Waals surface area contributed by atoms with Crippen LogP contribution in [0.3, 0.4) is 0 Å². The normalized spacial score (nSPS) is 22.7. The predicted molar refractivity (Wildman–Crippen MR) is 132 cm³/mol. The van der Waals surface area contributed by atoms with Crippen molar-refractivity contribution in [3.63, 3.8) is 0 Å². The van der Waals surface area contributed by atoms with Crippen LogP contribution in [0, 0.1) is 17.1 Å². The number of amides is 1. The van der Waals surface area contributed by atoms with Crippen LogP contribution in [-0.4, -0.2) is 58.5 Å². The van der Waals surface area contributed by atoms with Gasteiger partial charge in [0.15, 0.2) is 11.3 Å². The highest BCUT2D eigenvalue weighted by Crippen LogP contribution is 2.39. The summed E-state index contributed by atoms with van der Waals surface area (Å²) in [4.78, 5) is 15.0. The van der Waals surface area contributed by atoms with Gasteiger partial charge in [0, 0.05) is 55.3 Å². The standard InChI is InChI=1S/C25H25ClFN7O2/c1-2-33-11-19(26)16-6-21(31-32-24(16)33)25(35)30-15-5-17-20(27)7-22(18(8-28)23(17)36-12-15)34-9-13-3-4-14(10-34)29-13/h6-7,11,13-15,29H,2-5,9-10,12H2,1H3,(H,30,35)/t13?,14?,15-/m1/s1. The second kappa shape index (κ2) is 8.91. The van der Waals surface area contributed by atoms with E-state index in [1.807, 2.05) is 11.5 Å². The van der Waals surface area contributed by atoms with Crippen molar-refractivity contribution in [2.75, 3.05) is 24.6 Å². The number of hydrogen-bond acceptors (Lipinski definition) is 7. The van der Waals surface area contributed by atoms with Crippen LogP contribution in [0.5, 0.6) is 5.75 Å². The Morgan fingerprint density at radius 2 is 2.11 bits per heavy atom. The van der Waals surface area contributed by atoms with Gasteiger partial charge in [0.2, 0.25) is 0 Å². The minimum atomic E-state index is -0.486. The van der Waals surface area contributed by atoms with Crippen molar-refractivity contribution < 1.29 is 13.9 Å². The molecule has 11 heteroatoms. The number of benzene rings is 1. The van der Waals surface area contributed by atoms with E-state index in [1.54, 1.807) is 12.3 Å². The first-order valence-corrected chi connectivity index (χ1v) is 12.5. The molecule has 1 aromatic carbocycles. The zero-order valence-electron chi connectivity index (χ0n) is 19.7. The Hall–Kier alpha value is -3.42. The third-order valence-electron chi connectivity index (χ3n) is 7.34. The predicted octanol–water partition coefficient (Wildman–Crippen LogP) is 2.79. The molecule has 2 unspecified atom stereocenters. The van der Waals surface area contributed by atoms with E-state index >= 15 is 4.39 Å². The number of fused-ring (bicyclic) bond motifs is 4. The smallest absolute Gasteiger partial charge is 0.272 e. The average molecular weight is 510 g/mol. The number of hydrogen-bond donors (Lipinski definition) is 2. The molecule has 2 bridgehead atoms. The molecule has 3 aliphatic rings. The molecule has 3 aromatic rings. The molecule has 2 N–H and O–H groups in total. The van der Waals surface area contributed by atoms with Crippen LogP contribution in [-0.2, 0) is 13.0 Å². The zero-order chi connectivity index (χ0) is 25.0. The van der Waals surface area contributed by atoms with Crippen LogP contribution >= 0.6 is 11.6 Å². The van der Waals surface area contributed by atoms with Gasteiger partial charge in [-0.15, -0.1) is 10.2 Å². The second-order valence-electron chi connectivity index (χ2n) is 9.63. The highest BCUT2D eigenvalue weighted by molar-refractivity contribution is 6.35. The van der Waals surface area contributed by atoms with Gasteiger partial charge in [0.1, 0.15) is 29.8 Å². The highest BCUT2D eigenvalue weighted by atomic mass is 35.5. The number of aromatic nitrogens is 3. The van der Waals surface area contributed by atoms with E-state index in [-0.39, 0.29) is 24.5 Å². The molecule has 2 aromatic heterocycles. The SMILES string of the molecule is CCn1cc(Cl)c2cc(C(=O)N[C@H]3COc4c(C#N)c(N5CC6CCC(C5)N6)cc(F)c4C3)nnc21. The molecular formula is C25H25ClFN7O2. The number of carbonyl (C=O) groups excluding carboxylic acids is 1. The maximum atomic E-state index is 15.3. The molecule has 9 nitrogen and oxygen atoms in total. The number of nitrogens with one attached hydrogen (secondary N) is 2. The topological polar surface area (TPSA) is 108 Å². The largest absolute Gasteiger partial charge is 0.490 e. The lowest BCUT2D eigenvalue weighted by Gasteiger charge is -2.36. The molecule has 0 radical (unpaired) electrons. The third-order valence-corrected chi connectivity index (χ3v) is 7.64. The van der Waals surface area contributed by atoms with Crippen molar-refractivity contribution in [2.45, 2.75) is 50.9 Å². The summed E-state index contributed by atoms with van der Waals surface area (Å²) in [5.41, 5.74) is 1.95. The Morgan fingerprint density at radius 1 is 1.33 bits per heavy atom. The number of rotatable bonds is 4. The molecule has 2 fully saturated rings. The van der Waals surface area contributed by atoms with Crippen molar-refractivity contribution in [1.29, 1.82) is 5.26 Å². The third kappa shape index (κ3) is 3.83. The average Bonchev–Trinajstić information content (AvgIpc) is 3.40. The molecule has 5 heterocycles. The second-order valence-corrected chi connectivity index (χ2v) is 10.0. The summed E-state index contributed by atoms with van der Waals surface area (Å²) >= 11 is 6.30. The molecule has 0 spiro atoms. The van der Waals surface area contributed by atoms with Crippen LogP contribution < -0.4 is 20.3 Å². The Morgan fingerprint density at radius 3 is 2.83 bits per heavy atom. The monoisotopic (exact) mass is 509 g/mol. The van der Waals surface area contributed by atoms with Gasteiger partial charge in [-0.1, -0.05) is 11.6 Å². The first-order valence-electron chi connectivity index (χ1n) is 12.2. The van der Waals surface area contributed by atoms with Crippen molar-refractivity contribution in [1.82, 2.24) is 25.4 Å². The summed E-state index contributed by atoms with van der Waals surface area (Å²) in [5.74, 6) is -0.605. The van der Waals surface area contributed by atoms with E-state index in [2.05, 4.69) is 31.8 Å². The maximum Gasteiger partial charge on any atom is 0.272 e.